The van der Waals surface area contributed by atoms with Crippen LogP contribution < -0.4 is 10.5 Å². The van der Waals surface area contributed by atoms with Gasteiger partial charge in [-0.15, -0.1) is 0 Å². The van der Waals surface area contributed by atoms with Crippen LogP contribution >= 0.6 is 0 Å². The molecule has 1 aromatic rings. The summed E-state index contributed by atoms with van der Waals surface area (Å²) in [6.45, 7) is 0. The van der Waals surface area contributed by atoms with Gasteiger partial charge in [0, 0.05) is 20.2 Å². The summed E-state index contributed by atoms with van der Waals surface area (Å²) in [4.78, 5) is -0.122. The third-order valence-electron chi connectivity index (χ3n) is 2.21. The fourth-order valence-corrected chi connectivity index (χ4v) is 2.30. The summed E-state index contributed by atoms with van der Waals surface area (Å²) < 4.78 is 29.8. The molecule has 0 aliphatic carbocycles. The Kier molecular flexibility index (Phi) is 3.60. The molecule has 92 valence electrons. The molecular formula is C10H13N3O3S. The number of nitriles is 1. The lowest BCUT2D eigenvalue weighted by atomic mass is 10.2. The van der Waals surface area contributed by atoms with Gasteiger partial charge in [0.1, 0.15) is 16.7 Å². The summed E-state index contributed by atoms with van der Waals surface area (Å²) >= 11 is 0. The number of rotatable bonds is 3. The molecule has 0 saturated carbocycles. The Labute approximate surface area is 100 Å². The van der Waals surface area contributed by atoms with Gasteiger partial charge >= 0.3 is 0 Å². The predicted octanol–water partition coefficient (Wildman–Crippen LogP) is 0.399. The molecule has 0 amide bonds. The lowest BCUT2D eigenvalue weighted by Gasteiger charge is -2.14. The molecule has 17 heavy (non-hydrogen) atoms. The van der Waals surface area contributed by atoms with Crippen LogP contribution in [0.2, 0.25) is 0 Å². The molecule has 0 spiro atoms. The van der Waals surface area contributed by atoms with Gasteiger partial charge < -0.3 is 10.5 Å². The van der Waals surface area contributed by atoms with Crippen LogP contribution in [0.5, 0.6) is 5.75 Å². The van der Waals surface area contributed by atoms with Crippen LogP contribution in [-0.4, -0.2) is 33.9 Å². The van der Waals surface area contributed by atoms with Crippen LogP contribution in [0.4, 0.5) is 5.69 Å². The van der Waals surface area contributed by atoms with E-state index in [-0.39, 0.29) is 21.9 Å². The second-order valence-electron chi connectivity index (χ2n) is 3.49. The van der Waals surface area contributed by atoms with Gasteiger partial charge in [-0.1, -0.05) is 0 Å². The zero-order valence-electron chi connectivity index (χ0n) is 9.76. The van der Waals surface area contributed by atoms with Crippen molar-refractivity contribution in [2.75, 3.05) is 26.9 Å². The van der Waals surface area contributed by atoms with Gasteiger partial charge in [-0.25, -0.2) is 12.7 Å². The molecule has 0 aliphatic heterocycles. The quantitative estimate of drug-likeness (QED) is 0.788. The predicted molar refractivity (Wildman–Crippen MR) is 63.0 cm³/mol. The van der Waals surface area contributed by atoms with E-state index in [1.165, 1.54) is 33.3 Å². The fraction of sp³-hybridized carbons (Fsp3) is 0.300. The topological polar surface area (TPSA) is 96.4 Å². The van der Waals surface area contributed by atoms with Gasteiger partial charge in [0.25, 0.3) is 0 Å². The van der Waals surface area contributed by atoms with Crippen LogP contribution in [0, 0.1) is 11.3 Å². The number of hydrogen-bond acceptors (Lipinski definition) is 5. The number of nitrogen functional groups attached to an aromatic ring is 1. The average molecular weight is 255 g/mol. The molecule has 0 aromatic heterocycles. The van der Waals surface area contributed by atoms with Crippen LogP contribution in [0.1, 0.15) is 5.56 Å². The molecular weight excluding hydrogens is 242 g/mol. The van der Waals surface area contributed by atoms with E-state index in [2.05, 4.69) is 0 Å². The number of anilines is 1. The first-order valence-electron chi connectivity index (χ1n) is 4.64. The minimum absolute atomic E-state index is 0.00440. The molecule has 0 radical (unpaired) electrons. The Morgan fingerprint density at radius 2 is 2.00 bits per heavy atom. The number of sulfonamides is 1. The number of nitrogens with two attached hydrogens (primary N) is 1. The monoisotopic (exact) mass is 255 g/mol. The van der Waals surface area contributed by atoms with Crippen molar-refractivity contribution in [3.05, 3.63) is 17.7 Å². The van der Waals surface area contributed by atoms with Crippen LogP contribution in [-0.2, 0) is 10.0 Å². The van der Waals surface area contributed by atoms with E-state index >= 15 is 0 Å². The zero-order chi connectivity index (χ0) is 13.2. The largest absolute Gasteiger partial charge is 0.495 e. The number of methoxy groups -OCH3 is 1. The zero-order valence-corrected chi connectivity index (χ0v) is 10.6. The lowest BCUT2D eigenvalue weighted by Crippen LogP contribution is -2.23. The van der Waals surface area contributed by atoms with Crippen molar-refractivity contribution < 1.29 is 13.2 Å². The first kappa shape index (κ1) is 13.3. The summed E-state index contributed by atoms with van der Waals surface area (Å²) in [5, 5.41) is 8.95. The van der Waals surface area contributed by atoms with Crippen molar-refractivity contribution in [1.29, 1.82) is 5.26 Å². The van der Waals surface area contributed by atoms with Crippen molar-refractivity contribution in [3.63, 3.8) is 0 Å². The van der Waals surface area contributed by atoms with Crippen molar-refractivity contribution in [2.45, 2.75) is 4.90 Å². The first-order valence-corrected chi connectivity index (χ1v) is 6.08. The molecule has 2 N–H and O–H groups in total. The second-order valence-corrected chi connectivity index (χ2v) is 5.61. The molecule has 0 fully saturated rings. The Hall–Kier alpha value is -1.78. The molecule has 0 unspecified atom stereocenters. The maximum Gasteiger partial charge on any atom is 0.243 e. The van der Waals surface area contributed by atoms with Crippen molar-refractivity contribution in [2.24, 2.45) is 0 Å². The molecule has 0 heterocycles. The molecule has 7 heteroatoms. The Morgan fingerprint density at radius 1 is 1.41 bits per heavy atom. The maximum atomic E-state index is 11.9. The average Bonchev–Trinajstić information content (AvgIpc) is 2.28. The summed E-state index contributed by atoms with van der Waals surface area (Å²) in [5.74, 6) is 0.277. The third-order valence-corrected chi connectivity index (χ3v) is 4.07. The molecule has 0 aliphatic rings. The van der Waals surface area contributed by atoms with Gasteiger partial charge in [-0.2, -0.15) is 5.26 Å². The van der Waals surface area contributed by atoms with Crippen molar-refractivity contribution in [1.82, 2.24) is 4.31 Å². The van der Waals surface area contributed by atoms with E-state index in [9.17, 15) is 8.42 Å². The third kappa shape index (κ3) is 2.33. The minimum Gasteiger partial charge on any atom is -0.495 e. The van der Waals surface area contributed by atoms with Crippen LogP contribution in [0.15, 0.2) is 17.0 Å². The number of nitrogens with zero attached hydrogens (tertiary/aromatic N) is 2. The van der Waals surface area contributed by atoms with Gasteiger partial charge in [-0.3, -0.25) is 0 Å². The van der Waals surface area contributed by atoms with E-state index in [0.29, 0.717) is 0 Å². The molecule has 0 saturated heterocycles. The normalized spacial score (nSPS) is 11.2. The lowest BCUT2D eigenvalue weighted by molar-refractivity contribution is 0.416. The fourth-order valence-electron chi connectivity index (χ4n) is 1.25. The van der Waals surface area contributed by atoms with E-state index in [1.807, 2.05) is 6.07 Å². The highest BCUT2D eigenvalue weighted by Gasteiger charge is 2.23. The molecule has 0 atom stereocenters. The van der Waals surface area contributed by atoms with E-state index < -0.39 is 10.0 Å². The van der Waals surface area contributed by atoms with E-state index in [1.54, 1.807) is 0 Å². The van der Waals surface area contributed by atoms with Gasteiger partial charge in [0.05, 0.1) is 18.4 Å². The maximum absolute atomic E-state index is 11.9. The minimum atomic E-state index is -3.69. The number of hydrogen-bond donors (Lipinski definition) is 1. The number of benzene rings is 1. The SMILES string of the molecule is COc1cc(C#N)c(S(=O)(=O)N(C)C)cc1N. The van der Waals surface area contributed by atoms with Crippen LogP contribution in [0.25, 0.3) is 0 Å². The second kappa shape index (κ2) is 4.61. The van der Waals surface area contributed by atoms with Crippen LogP contribution in [0.3, 0.4) is 0 Å². The molecule has 6 nitrogen and oxygen atoms in total. The van der Waals surface area contributed by atoms with Crippen molar-refractivity contribution in [3.8, 4) is 11.8 Å². The highest BCUT2D eigenvalue weighted by Crippen LogP contribution is 2.29. The summed E-state index contributed by atoms with van der Waals surface area (Å²) in [6, 6.07) is 4.36. The Bertz CT molecular complexity index is 573. The highest BCUT2D eigenvalue weighted by molar-refractivity contribution is 7.89. The molecule has 1 rings (SSSR count). The van der Waals surface area contributed by atoms with Gasteiger partial charge in [0.2, 0.25) is 10.0 Å². The first-order chi connectivity index (χ1) is 7.84. The molecule has 0 bridgehead atoms. The van der Waals surface area contributed by atoms with Gasteiger partial charge in [-0.05, 0) is 6.07 Å². The highest BCUT2D eigenvalue weighted by atomic mass is 32.2. The Balaban J connectivity index is 3.57. The summed E-state index contributed by atoms with van der Waals surface area (Å²) in [5.41, 5.74) is 5.81. The van der Waals surface area contributed by atoms with Crippen molar-refractivity contribution >= 4 is 15.7 Å². The molecule has 1 aromatic carbocycles. The summed E-state index contributed by atoms with van der Waals surface area (Å²) in [7, 11) is 0.476. The van der Waals surface area contributed by atoms with E-state index in [0.717, 1.165) is 4.31 Å². The Morgan fingerprint density at radius 3 is 2.41 bits per heavy atom. The smallest absolute Gasteiger partial charge is 0.243 e. The van der Waals surface area contributed by atoms with Gasteiger partial charge in [0.15, 0.2) is 0 Å². The number of ether oxygens (including phenoxy) is 1. The standard InChI is InChI=1S/C10H13N3O3S/c1-13(2)17(14,15)10-5-8(12)9(16-3)4-7(10)6-11/h4-5H,12H2,1-3H3. The summed E-state index contributed by atoms with van der Waals surface area (Å²) in [6.07, 6.45) is 0. The van der Waals surface area contributed by atoms with E-state index in [4.69, 9.17) is 15.7 Å².